The van der Waals surface area contributed by atoms with Gasteiger partial charge in [0.25, 0.3) is 0 Å². The van der Waals surface area contributed by atoms with Crippen molar-refractivity contribution in [2.75, 3.05) is 0 Å². The standard InChI is InChI=1S/C16H19NO/c1-3-8-15(14-9-5-4-6-10-14)17-13(2)16-11-7-12-18-16/h3-7,9-13,15,17H,1,8H2,2H3/p+1. The predicted octanol–water partition coefficient (Wildman–Crippen LogP) is 3.22. The van der Waals surface area contributed by atoms with Gasteiger partial charge in [-0.15, -0.1) is 6.58 Å². The Morgan fingerprint density at radius 1 is 1.22 bits per heavy atom. The molecular formula is C16H20NO+. The summed E-state index contributed by atoms with van der Waals surface area (Å²) in [6.07, 6.45) is 4.66. The van der Waals surface area contributed by atoms with Gasteiger partial charge in [-0.1, -0.05) is 36.4 Å². The molecule has 2 N–H and O–H groups in total. The molecule has 2 nitrogen and oxygen atoms in total. The van der Waals surface area contributed by atoms with Gasteiger partial charge < -0.3 is 9.73 Å². The van der Waals surface area contributed by atoms with Crippen molar-refractivity contribution < 1.29 is 9.73 Å². The molecule has 0 saturated carbocycles. The highest BCUT2D eigenvalue weighted by atomic mass is 16.3. The fraction of sp³-hybridized carbons (Fsp3) is 0.250. The highest BCUT2D eigenvalue weighted by molar-refractivity contribution is 5.17. The Kier molecular flexibility index (Phi) is 4.37. The summed E-state index contributed by atoms with van der Waals surface area (Å²) in [5.41, 5.74) is 1.33. The SMILES string of the molecule is C=CCC([NH2+]C(C)c1ccco1)c1ccccc1. The summed E-state index contributed by atoms with van der Waals surface area (Å²) in [5, 5.41) is 2.33. The smallest absolute Gasteiger partial charge is 0.160 e. The molecule has 2 aromatic rings. The maximum atomic E-state index is 5.45. The van der Waals surface area contributed by atoms with E-state index in [1.165, 1.54) is 5.56 Å². The first-order chi connectivity index (χ1) is 8.81. The molecule has 2 heteroatoms. The van der Waals surface area contributed by atoms with Gasteiger partial charge in [-0.25, -0.2) is 0 Å². The van der Waals surface area contributed by atoms with Crippen LogP contribution in [0.4, 0.5) is 0 Å². The Labute approximate surface area is 108 Å². The first kappa shape index (κ1) is 12.7. The van der Waals surface area contributed by atoms with Crippen LogP contribution in [0.25, 0.3) is 0 Å². The zero-order valence-corrected chi connectivity index (χ0v) is 10.8. The molecule has 1 heterocycles. The van der Waals surface area contributed by atoms with E-state index >= 15 is 0 Å². The highest BCUT2D eigenvalue weighted by Gasteiger charge is 2.19. The summed E-state index contributed by atoms with van der Waals surface area (Å²) in [6, 6.07) is 15.2. The summed E-state index contributed by atoms with van der Waals surface area (Å²) in [6.45, 7) is 6.02. The van der Waals surface area contributed by atoms with Gasteiger partial charge in [0.1, 0.15) is 12.1 Å². The van der Waals surface area contributed by atoms with Crippen molar-refractivity contribution in [2.24, 2.45) is 0 Å². The average Bonchev–Trinajstić information content (AvgIpc) is 2.93. The number of hydrogen-bond donors (Lipinski definition) is 1. The lowest BCUT2D eigenvalue weighted by atomic mass is 10.0. The van der Waals surface area contributed by atoms with E-state index in [2.05, 4.69) is 43.1 Å². The van der Waals surface area contributed by atoms with Crippen LogP contribution in [-0.4, -0.2) is 0 Å². The monoisotopic (exact) mass is 242 g/mol. The number of rotatable bonds is 6. The number of benzene rings is 1. The van der Waals surface area contributed by atoms with Crippen molar-refractivity contribution in [1.82, 2.24) is 0 Å². The maximum absolute atomic E-state index is 5.45. The summed E-state index contributed by atoms with van der Waals surface area (Å²) in [5.74, 6) is 1.01. The maximum Gasteiger partial charge on any atom is 0.160 e. The lowest BCUT2D eigenvalue weighted by Gasteiger charge is -2.18. The van der Waals surface area contributed by atoms with E-state index in [-0.39, 0.29) is 0 Å². The third kappa shape index (κ3) is 3.11. The number of nitrogens with two attached hydrogens (primary N) is 1. The third-order valence-corrected chi connectivity index (χ3v) is 3.16. The van der Waals surface area contributed by atoms with E-state index in [4.69, 9.17) is 4.42 Å². The molecule has 2 atom stereocenters. The van der Waals surface area contributed by atoms with Crippen LogP contribution in [0.2, 0.25) is 0 Å². The van der Waals surface area contributed by atoms with Gasteiger partial charge in [0.2, 0.25) is 0 Å². The Morgan fingerprint density at radius 3 is 2.61 bits per heavy atom. The summed E-state index contributed by atoms with van der Waals surface area (Å²) < 4.78 is 5.45. The van der Waals surface area contributed by atoms with E-state index in [0.717, 1.165) is 12.2 Å². The van der Waals surface area contributed by atoms with Gasteiger partial charge in [0.15, 0.2) is 5.76 Å². The van der Waals surface area contributed by atoms with Crippen LogP contribution in [0.1, 0.15) is 36.8 Å². The van der Waals surface area contributed by atoms with E-state index in [1.54, 1.807) is 6.26 Å². The molecule has 0 spiro atoms. The molecule has 0 saturated heterocycles. The Hall–Kier alpha value is -1.80. The average molecular weight is 242 g/mol. The Balaban J connectivity index is 2.09. The molecule has 0 bridgehead atoms. The molecule has 0 radical (unpaired) electrons. The molecule has 1 aromatic heterocycles. The van der Waals surface area contributed by atoms with E-state index in [0.29, 0.717) is 12.1 Å². The molecule has 0 aliphatic carbocycles. The fourth-order valence-corrected chi connectivity index (χ4v) is 2.20. The van der Waals surface area contributed by atoms with Crippen LogP contribution in [0, 0.1) is 0 Å². The van der Waals surface area contributed by atoms with Crippen molar-refractivity contribution >= 4 is 0 Å². The molecule has 0 aliphatic heterocycles. The predicted molar refractivity (Wildman–Crippen MR) is 73.0 cm³/mol. The summed E-state index contributed by atoms with van der Waals surface area (Å²) in [4.78, 5) is 0. The minimum Gasteiger partial charge on any atom is -0.463 e. The van der Waals surface area contributed by atoms with Crippen molar-refractivity contribution in [2.45, 2.75) is 25.4 Å². The molecule has 0 fully saturated rings. The van der Waals surface area contributed by atoms with Crippen LogP contribution >= 0.6 is 0 Å². The second-order valence-corrected chi connectivity index (χ2v) is 4.54. The molecule has 18 heavy (non-hydrogen) atoms. The lowest BCUT2D eigenvalue weighted by molar-refractivity contribution is -0.732. The van der Waals surface area contributed by atoms with Crippen LogP contribution < -0.4 is 5.32 Å². The highest BCUT2D eigenvalue weighted by Crippen LogP contribution is 2.16. The normalized spacial score (nSPS) is 14.1. The summed E-state index contributed by atoms with van der Waals surface area (Å²) >= 11 is 0. The number of quaternary nitrogens is 1. The first-order valence-electron chi connectivity index (χ1n) is 6.35. The number of hydrogen-bond acceptors (Lipinski definition) is 1. The topological polar surface area (TPSA) is 29.8 Å². The van der Waals surface area contributed by atoms with E-state index < -0.39 is 0 Å². The fourth-order valence-electron chi connectivity index (χ4n) is 2.20. The largest absolute Gasteiger partial charge is 0.463 e. The van der Waals surface area contributed by atoms with Gasteiger partial charge in [0, 0.05) is 12.0 Å². The first-order valence-corrected chi connectivity index (χ1v) is 6.35. The van der Waals surface area contributed by atoms with E-state index in [1.807, 2.05) is 24.3 Å². The second-order valence-electron chi connectivity index (χ2n) is 4.54. The minimum atomic E-state index is 0.310. The molecule has 1 aromatic carbocycles. The van der Waals surface area contributed by atoms with Gasteiger partial charge >= 0.3 is 0 Å². The summed E-state index contributed by atoms with van der Waals surface area (Å²) in [7, 11) is 0. The lowest BCUT2D eigenvalue weighted by Crippen LogP contribution is -2.85. The van der Waals surface area contributed by atoms with Gasteiger partial charge in [-0.05, 0) is 19.1 Å². The van der Waals surface area contributed by atoms with Crippen molar-refractivity contribution in [1.29, 1.82) is 0 Å². The van der Waals surface area contributed by atoms with Crippen molar-refractivity contribution in [3.05, 3.63) is 72.7 Å². The second kappa shape index (κ2) is 6.22. The molecular weight excluding hydrogens is 222 g/mol. The Morgan fingerprint density at radius 2 is 2.00 bits per heavy atom. The van der Waals surface area contributed by atoms with Crippen LogP contribution in [0.15, 0.2) is 65.8 Å². The molecule has 2 unspecified atom stereocenters. The zero-order chi connectivity index (χ0) is 12.8. The number of furan rings is 1. The quantitative estimate of drug-likeness (QED) is 0.774. The minimum absolute atomic E-state index is 0.310. The zero-order valence-electron chi connectivity index (χ0n) is 10.8. The van der Waals surface area contributed by atoms with Crippen LogP contribution in [-0.2, 0) is 0 Å². The molecule has 2 rings (SSSR count). The van der Waals surface area contributed by atoms with E-state index in [9.17, 15) is 0 Å². The third-order valence-electron chi connectivity index (χ3n) is 3.16. The molecule has 0 amide bonds. The molecule has 94 valence electrons. The van der Waals surface area contributed by atoms with Crippen molar-refractivity contribution in [3.8, 4) is 0 Å². The van der Waals surface area contributed by atoms with Crippen LogP contribution in [0.3, 0.4) is 0 Å². The van der Waals surface area contributed by atoms with Gasteiger partial charge in [-0.2, -0.15) is 0 Å². The van der Waals surface area contributed by atoms with Gasteiger partial charge in [0.05, 0.1) is 6.26 Å². The molecule has 0 aliphatic rings. The van der Waals surface area contributed by atoms with Gasteiger partial charge in [-0.3, -0.25) is 0 Å². The van der Waals surface area contributed by atoms with Crippen molar-refractivity contribution in [3.63, 3.8) is 0 Å². The Bertz CT molecular complexity index is 461. The van der Waals surface area contributed by atoms with Crippen LogP contribution in [0.5, 0.6) is 0 Å².